The number of hydrogen-bond acceptors (Lipinski definition) is 4. The third-order valence-corrected chi connectivity index (χ3v) is 3.11. The third kappa shape index (κ3) is 6.18. The Balaban J connectivity index is 2.81. The van der Waals surface area contributed by atoms with Crippen LogP contribution in [0.4, 0.5) is 16.2 Å². The highest BCUT2D eigenvalue weighted by Crippen LogP contribution is 2.24. The topological polar surface area (TPSA) is 79.5 Å². The minimum Gasteiger partial charge on any atom is -0.450 e. The van der Waals surface area contributed by atoms with Gasteiger partial charge in [-0.25, -0.2) is 4.79 Å². The summed E-state index contributed by atoms with van der Waals surface area (Å²) in [5.74, 6) is -0.0827. The molecule has 0 spiro atoms. The highest BCUT2D eigenvalue weighted by molar-refractivity contribution is 5.88. The van der Waals surface area contributed by atoms with E-state index in [9.17, 15) is 9.59 Å². The predicted molar refractivity (Wildman–Crippen MR) is 92.8 cm³/mol. The molecule has 0 aliphatic rings. The number of nitrogens with one attached hydrogen (secondary N) is 3. The minimum atomic E-state index is -0.494. The van der Waals surface area contributed by atoms with E-state index >= 15 is 0 Å². The summed E-state index contributed by atoms with van der Waals surface area (Å²) < 4.78 is 4.88. The van der Waals surface area contributed by atoms with Gasteiger partial charge in [0.05, 0.1) is 6.61 Å². The third-order valence-electron chi connectivity index (χ3n) is 3.11. The Kier molecular flexibility index (Phi) is 6.42. The first kappa shape index (κ1) is 18.8. The van der Waals surface area contributed by atoms with E-state index in [0.717, 1.165) is 11.3 Å². The summed E-state index contributed by atoms with van der Waals surface area (Å²) in [4.78, 5) is 23.7. The molecule has 0 aliphatic heterocycles. The number of carbonyl (C=O) groups excluding carboxylic acids is 2. The molecule has 1 aromatic rings. The Morgan fingerprint density at radius 2 is 1.83 bits per heavy atom. The van der Waals surface area contributed by atoms with Crippen molar-refractivity contribution >= 4 is 23.4 Å². The van der Waals surface area contributed by atoms with Crippen molar-refractivity contribution < 1.29 is 14.3 Å². The molecule has 1 atom stereocenters. The van der Waals surface area contributed by atoms with Gasteiger partial charge in [-0.1, -0.05) is 6.07 Å². The number of anilines is 2. The lowest BCUT2D eigenvalue weighted by molar-refractivity contribution is -0.122. The van der Waals surface area contributed by atoms with Gasteiger partial charge in [0, 0.05) is 16.9 Å². The number of rotatable bonds is 5. The van der Waals surface area contributed by atoms with Crippen molar-refractivity contribution in [1.29, 1.82) is 0 Å². The number of amides is 2. The minimum absolute atomic E-state index is 0.0827. The molecule has 0 unspecified atom stereocenters. The fourth-order valence-corrected chi connectivity index (χ4v) is 1.98. The second-order valence-corrected chi connectivity index (χ2v) is 6.43. The summed E-state index contributed by atoms with van der Waals surface area (Å²) in [7, 11) is 0. The summed E-state index contributed by atoms with van der Waals surface area (Å²) in [5.41, 5.74) is 2.00. The van der Waals surface area contributed by atoms with Crippen molar-refractivity contribution in [2.45, 2.75) is 53.1 Å². The molecule has 128 valence electrons. The molecule has 2 amide bonds. The molecule has 6 nitrogen and oxygen atoms in total. The highest BCUT2D eigenvalue weighted by Gasteiger charge is 2.20. The van der Waals surface area contributed by atoms with Crippen molar-refractivity contribution in [3.63, 3.8) is 0 Å². The van der Waals surface area contributed by atoms with E-state index in [1.54, 1.807) is 19.9 Å². The van der Waals surface area contributed by atoms with E-state index in [1.165, 1.54) is 0 Å². The summed E-state index contributed by atoms with van der Waals surface area (Å²) in [5, 5.41) is 8.80. The van der Waals surface area contributed by atoms with E-state index < -0.39 is 12.1 Å². The van der Waals surface area contributed by atoms with Crippen molar-refractivity contribution in [1.82, 2.24) is 5.32 Å². The Labute approximate surface area is 138 Å². The zero-order valence-corrected chi connectivity index (χ0v) is 14.7. The molecule has 23 heavy (non-hydrogen) atoms. The van der Waals surface area contributed by atoms with Crippen LogP contribution < -0.4 is 16.0 Å². The van der Waals surface area contributed by atoms with Crippen LogP contribution in [-0.4, -0.2) is 30.2 Å². The van der Waals surface area contributed by atoms with E-state index in [4.69, 9.17) is 4.74 Å². The first-order chi connectivity index (χ1) is 10.6. The van der Waals surface area contributed by atoms with Crippen LogP contribution in [0, 0.1) is 6.92 Å². The molecule has 0 aliphatic carbocycles. The number of hydrogen-bond donors (Lipinski definition) is 3. The standard InChI is InChI=1S/C17H27N3O3/c1-7-23-16(22)19-14-10-8-9-13(11(14)2)18-12(3)15(21)20-17(4,5)6/h8-10,12,18H,7H2,1-6H3,(H,19,22)(H,20,21)/t12-/m0/s1. The van der Waals surface area contributed by atoms with Crippen LogP contribution >= 0.6 is 0 Å². The summed E-state index contributed by atoms with van der Waals surface area (Å²) in [6.07, 6.45) is -0.494. The fourth-order valence-electron chi connectivity index (χ4n) is 1.98. The Hall–Kier alpha value is -2.24. The monoisotopic (exact) mass is 321 g/mol. The Morgan fingerprint density at radius 3 is 2.39 bits per heavy atom. The number of ether oxygens (including phenoxy) is 1. The molecular weight excluding hydrogens is 294 g/mol. The molecule has 3 N–H and O–H groups in total. The van der Waals surface area contributed by atoms with E-state index in [0.29, 0.717) is 12.3 Å². The van der Waals surface area contributed by atoms with Crippen LogP contribution in [0.25, 0.3) is 0 Å². The molecule has 0 radical (unpaired) electrons. The van der Waals surface area contributed by atoms with Gasteiger partial charge in [-0.15, -0.1) is 0 Å². The van der Waals surface area contributed by atoms with Gasteiger partial charge in [-0.3, -0.25) is 10.1 Å². The SMILES string of the molecule is CCOC(=O)Nc1cccc(N[C@@H](C)C(=O)NC(C)(C)C)c1C. The molecule has 6 heteroatoms. The molecular formula is C17H27N3O3. The van der Waals surface area contributed by atoms with Crippen LogP contribution in [0.5, 0.6) is 0 Å². The van der Waals surface area contributed by atoms with Crippen molar-refractivity contribution in [3.05, 3.63) is 23.8 Å². The molecule has 0 heterocycles. The molecule has 0 saturated heterocycles. The van der Waals surface area contributed by atoms with E-state index in [2.05, 4.69) is 16.0 Å². The Morgan fingerprint density at radius 1 is 1.22 bits per heavy atom. The zero-order chi connectivity index (χ0) is 17.6. The van der Waals surface area contributed by atoms with Crippen LogP contribution in [0.1, 0.15) is 40.2 Å². The van der Waals surface area contributed by atoms with Gasteiger partial charge in [-0.05, 0) is 59.2 Å². The van der Waals surface area contributed by atoms with Gasteiger partial charge >= 0.3 is 6.09 Å². The van der Waals surface area contributed by atoms with Gasteiger partial charge in [0.1, 0.15) is 6.04 Å². The van der Waals surface area contributed by atoms with Gasteiger partial charge in [-0.2, -0.15) is 0 Å². The maximum Gasteiger partial charge on any atom is 0.411 e. The lowest BCUT2D eigenvalue weighted by atomic mass is 10.1. The van der Waals surface area contributed by atoms with Crippen LogP contribution in [0.2, 0.25) is 0 Å². The number of carbonyl (C=O) groups is 2. The van der Waals surface area contributed by atoms with Gasteiger partial charge in [0.2, 0.25) is 5.91 Å². The lowest BCUT2D eigenvalue weighted by Crippen LogP contribution is -2.47. The van der Waals surface area contributed by atoms with Gasteiger partial charge < -0.3 is 15.4 Å². The van der Waals surface area contributed by atoms with E-state index in [-0.39, 0.29) is 11.4 Å². The number of benzene rings is 1. The maximum atomic E-state index is 12.2. The highest BCUT2D eigenvalue weighted by atomic mass is 16.5. The average molecular weight is 321 g/mol. The smallest absolute Gasteiger partial charge is 0.411 e. The molecule has 0 fully saturated rings. The van der Waals surface area contributed by atoms with Crippen LogP contribution in [0.15, 0.2) is 18.2 Å². The van der Waals surface area contributed by atoms with Gasteiger partial charge in [0.25, 0.3) is 0 Å². The fraction of sp³-hybridized carbons (Fsp3) is 0.529. The normalized spacial score (nSPS) is 12.3. The molecule has 0 saturated carbocycles. The zero-order valence-electron chi connectivity index (χ0n) is 14.7. The van der Waals surface area contributed by atoms with Gasteiger partial charge in [0.15, 0.2) is 0 Å². The maximum absolute atomic E-state index is 12.2. The predicted octanol–water partition coefficient (Wildman–Crippen LogP) is 3.28. The van der Waals surface area contributed by atoms with Crippen LogP contribution in [0.3, 0.4) is 0 Å². The molecule has 0 bridgehead atoms. The molecule has 1 aromatic carbocycles. The molecule has 0 aromatic heterocycles. The summed E-state index contributed by atoms with van der Waals surface area (Å²) >= 11 is 0. The lowest BCUT2D eigenvalue weighted by Gasteiger charge is -2.25. The van der Waals surface area contributed by atoms with Crippen LogP contribution in [-0.2, 0) is 9.53 Å². The first-order valence-corrected chi connectivity index (χ1v) is 7.76. The second-order valence-electron chi connectivity index (χ2n) is 6.43. The van der Waals surface area contributed by atoms with Crippen molar-refractivity contribution in [3.8, 4) is 0 Å². The summed E-state index contributed by atoms with van der Waals surface area (Å²) in [6.45, 7) is 11.5. The van der Waals surface area contributed by atoms with Crippen molar-refractivity contribution in [2.24, 2.45) is 0 Å². The first-order valence-electron chi connectivity index (χ1n) is 7.76. The van der Waals surface area contributed by atoms with E-state index in [1.807, 2.05) is 39.8 Å². The second kappa shape index (κ2) is 7.85. The molecule has 1 rings (SSSR count). The largest absolute Gasteiger partial charge is 0.450 e. The average Bonchev–Trinajstić information content (AvgIpc) is 2.41. The summed E-state index contributed by atoms with van der Waals surface area (Å²) in [6, 6.07) is 5.07. The quantitative estimate of drug-likeness (QED) is 0.777. The Bertz CT molecular complexity index is 565. The van der Waals surface area contributed by atoms with Crippen molar-refractivity contribution in [2.75, 3.05) is 17.2 Å².